The van der Waals surface area contributed by atoms with Crippen LogP contribution in [0.2, 0.25) is 0 Å². The van der Waals surface area contributed by atoms with Crippen molar-refractivity contribution in [2.45, 2.75) is 4.90 Å². The predicted octanol–water partition coefficient (Wildman–Crippen LogP) is -2.11. The number of carboxylic acid groups (broad SMARTS) is 1. The van der Waals surface area contributed by atoms with Crippen LogP contribution < -0.4 is 34.7 Å². The minimum Gasteiger partial charge on any atom is -0.543 e. The van der Waals surface area contributed by atoms with Crippen LogP contribution in [0.1, 0.15) is 10.5 Å². The zero-order valence-electron chi connectivity index (χ0n) is 8.10. The van der Waals surface area contributed by atoms with Crippen molar-refractivity contribution in [2.24, 2.45) is 0 Å². The Morgan fingerprint density at radius 3 is 2.67 bits per heavy atom. The Morgan fingerprint density at radius 1 is 1.27 bits per heavy atom. The van der Waals surface area contributed by atoms with Gasteiger partial charge in [0.25, 0.3) is 0 Å². The number of hydrogen-bond donors (Lipinski definition) is 1. The van der Waals surface area contributed by atoms with Crippen LogP contribution >= 0.6 is 12.6 Å². The number of carbonyl (C=O) groups is 1. The van der Waals surface area contributed by atoms with Gasteiger partial charge in [-0.1, -0.05) is 18.2 Å². The number of nitrogens with zero attached hydrogens (tertiary/aromatic N) is 1. The Morgan fingerprint density at radius 2 is 2.00 bits per heavy atom. The maximum atomic E-state index is 10.6. The number of rotatable bonds is 1. The fraction of sp³-hybridized carbons (Fsp3) is 0. The van der Waals surface area contributed by atoms with Gasteiger partial charge in [0, 0.05) is 10.3 Å². The van der Waals surface area contributed by atoms with E-state index < -0.39 is 5.97 Å². The van der Waals surface area contributed by atoms with Crippen molar-refractivity contribution in [3.05, 3.63) is 36.0 Å². The Bertz CT molecular complexity index is 516. The van der Waals surface area contributed by atoms with E-state index in [1.807, 2.05) is 12.1 Å². The van der Waals surface area contributed by atoms with Gasteiger partial charge in [-0.25, -0.2) is 4.98 Å². The summed E-state index contributed by atoms with van der Waals surface area (Å²) in [5.74, 6) is -1.27. The minimum absolute atomic E-state index is 0. The second kappa shape index (κ2) is 4.99. The summed E-state index contributed by atoms with van der Waals surface area (Å²) in [4.78, 5) is 15.2. The van der Waals surface area contributed by atoms with E-state index in [2.05, 4.69) is 17.6 Å². The van der Waals surface area contributed by atoms with E-state index >= 15 is 0 Å². The van der Waals surface area contributed by atoms with Gasteiger partial charge in [-0.3, -0.25) is 0 Å². The monoisotopic (exact) mass is 227 g/mol. The van der Waals surface area contributed by atoms with Gasteiger partial charge in [0.15, 0.2) is 0 Å². The molecule has 0 spiro atoms. The molecule has 0 saturated carbocycles. The molecule has 1 heterocycles. The molecule has 0 atom stereocenters. The number of para-hydroxylation sites is 1. The van der Waals surface area contributed by atoms with Gasteiger partial charge in [-0.05, 0) is 12.1 Å². The van der Waals surface area contributed by atoms with Crippen molar-refractivity contribution < 1.29 is 39.5 Å². The molecule has 2 aromatic rings. The number of carbonyl (C=O) groups excluding carboxylic acids is 1. The van der Waals surface area contributed by atoms with Gasteiger partial charge >= 0.3 is 29.6 Å². The first-order valence-corrected chi connectivity index (χ1v) is 4.43. The summed E-state index contributed by atoms with van der Waals surface area (Å²) in [6, 6.07) is 8.56. The molecule has 0 aliphatic carbocycles. The van der Waals surface area contributed by atoms with Crippen LogP contribution in [-0.4, -0.2) is 11.0 Å². The molecular formula is C10H6NNaO2S. The smallest absolute Gasteiger partial charge is 0.543 e. The zero-order chi connectivity index (χ0) is 10.1. The summed E-state index contributed by atoms with van der Waals surface area (Å²) in [5, 5.41) is 11.4. The molecule has 0 unspecified atom stereocenters. The molecule has 0 bridgehead atoms. The van der Waals surface area contributed by atoms with Crippen molar-refractivity contribution >= 4 is 29.5 Å². The molecule has 1 aromatic carbocycles. The summed E-state index contributed by atoms with van der Waals surface area (Å²) in [6.07, 6.45) is 0. The standard InChI is InChI=1S/C10H7NO2S.Na/c12-10(13)7-5-4-6-2-1-3-8(14)9(6)11-7;/h1-5,14H,(H,12,13);/q;+1/p-1. The Balaban J connectivity index is 0.00000112. The molecule has 3 nitrogen and oxygen atoms in total. The summed E-state index contributed by atoms with van der Waals surface area (Å²) >= 11 is 4.19. The third kappa shape index (κ3) is 2.52. The van der Waals surface area contributed by atoms with Crippen molar-refractivity contribution in [3.8, 4) is 0 Å². The first-order valence-electron chi connectivity index (χ1n) is 3.98. The first-order chi connectivity index (χ1) is 6.68. The van der Waals surface area contributed by atoms with Crippen LogP contribution in [0.4, 0.5) is 0 Å². The molecule has 2 rings (SSSR count). The third-order valence-electron chi connectivity index (χ3n) is 1.91. The van der Waals surface area contributed by atoms with E-state index in [9.17, 15) is 9.90 Å². The average Bonchev–Trinajstić information content (AvgIpc) is 2.18. The van der Waals surface area contributed by atoms with Crippen molar-refractivity contribution in [2.75, 3.05) is 0 Å². The number of thiol groups is 1. The number of benzene rings is 1. The summed E-state index contributed by atoms with van der Waals surface area (Å²) in [7, 11) is 0. The van der Waals surface area contributed by atoms with E-state index in [-0.39, 0.29) is 35.3 Å². The van der Waals surface area contributed by atoms with Gasteiger partial charge < -0.3 is 9.90 Å². The molecule has 1 aromatic heterocycles. The maximum absolute atomic E-state index is 10.6. The van der Waals surface area contributed by atoms with Crippen LogP contribution in [-0.2, 0) is 0 Å². The molecule has 0 saturated heterocycles. The molecule has 0 amide bonds. The quantitative estimate of drug-likeness (QED) is 0.448. The fourth-order valence-electron chi connectivity index (χ4n) is 1.25. The second-order valence-electron chi connectivity index (χ2n) is 2.83. The molecule has 5 heteroatoms. The van der Waals surface area contributed by atoms with Crippen LogP contribution in [0.25, 0.3) is 10.9 Å². The summed E-state index contributed by atoms with van der Waals surface area (Å²) in [6.45, 7) is 0. The van der Waals surface area contributed by atoms with Crippen LogP contribution in [0.15, 0.2) is 35.2 Å². The summed E-state index contributed by atoms with van der Waals surface area (Å²) < 4.78 is 0. The molecule has 0 fully saturated rings. The number of aromatic carboxylic acids is 1. The molecule has 0 aliphatic heterocycles. The van der Waals surface area contributed by atoms with Crippen molar-refractivity contribution in [1.82, 2.24) is 4.98 Å². The van der Waals surface area contributed by atoms with Crippen LogP contribution in [0, 0.1) is 0 Å². The SMILES string of the molecule is O=C([O-])c1ccc2cccc(S)c2n1.[Na+]. The molecular weight excluding hydrogens is 221 g/mol. The first kappa shape index (κ1) is 12.5. The fourth-order valence-corrected chi connectivity index (χ4v) is 1.51. The normalized spacial score (nSPS) is 9.67. The molecule has 0 aliphatic rings. The van der Waals surface area contributed by atoms with E-state index in [1.165, 1.54) is 6.07 Å². The van der Waals surface area contributed by atoms with Crippen molar-refractivity contribution in [3.63, 3.8) is 0 Å². The van der Waals surface area contributed by atoms with E-state index in [1.54, 1.807) is 12.1 Å². The van der Waals surface area contributed by atoms with Gasteiger partial charge in [0.1, 0.15) is 0 Å². The zero-order valence-corrected chi connectivity index (χ0v) is 11.0. The number of fused-ring (bicyclic) bond motifs is 1. The van der Waals surface area contributed by atoms with Gasteiger partial charge in [-0.2, -0.15) is 0 Å². The largest absolute Gasteiger partial charge is 1.00 e. The molecule has 15 heavy (non-hydrogen) atoms. The number of carboxylic acids is 1. The van der Waals surface area contributed by atoms with E-state index in [0.717, 1.165) is 5.39 Å². The Kier molecular flexibility index (Phi) is 4.16. The number of hydrogen-bond acceptors (Lipinski definition) is 4. The van der Waals surface area contributed by atoms with Crippen LogP contribution in [0.5, 0.6) is 0 Å². The number of pyridine rings is 1. The van der Waals surface area contributed by atoms with Crippen LogP contribution in [0.3, 0.4) is 0 Å². The van der Waals surface area contributed by atoms with Gasteiger partial charge in [-0.15, -0.1) is 12.6 Å². The topological polar surface area (TPSA) is 53.0 Å². The molecule has 70 valence electrons. The molecule has 0 N–H and O–H groups in total. The molecule has 0 radical (unpaired) electrons. The third-order valence-corrected chi connectivity index (χ3v) is 2.27. The number of aromatic nitrogens is 1. The summed E-state index contributed by atoms with van der Waals surface area (Å²) in [5.41, 5.74) is 0.511. The van der Waals surface area contributed by atoms with E-state index in [0.29, 0.717) is 10.4 Å². The van der Waals surface area contributed by atoms with Gasteiger partial charge in [0.2, 0.25) is 0 Å². The van der Waals surface area contributed by atoms with Gasteiger partial charge in [0.05, 0.1) is 17.2 Å². The minimum atomic E-state index is -1.27. The average molecular weight is 227 g/mol. The Labute approximate surface area is 114 Å². The maximum Gasteiger partial charge on any atom is 1.00 e. The predicted molar refractivity (Wildman–Crippen MR) is 53.3 cm³/mol. The Hall–Kier alpha value is -0.550. The van der Waals surface area contributed by atoms with Crippen molar-refractivity contribution in [1.29, 1.82) is 0 Å². The second-order valence-corrected chi connectivity index (χ2v) is 3.31. The van der Waals surface area contributed by atoms with E-state index in [4.69, 9.17) is 0 Å².